The average molecular weight is 354 g/mol. The molecule has 1 N–H and O–H groups in total. The molecule has 0 spiro atoms. The largest absolute Gasteiger partial charge is 0.325 e. The molecule has 0 aromatic carbocycles. The third-order valence-corrected chi connectivity index (χ3v) is 4.62. The van der Waals surface area contributed by atoms with Gasteiger partial charge in [0.25, 0.3) is 0 Å². The Morgan fingerprint density at radius 2 is 2.05 bits per heavy atom. The van der Waals surface area contributed by atoms with Gasteiger partial charge >= 0.3 is 0 Å². The maximum atomic E-state index is 4.56. The molecule has 2 aromatic rings. The minimum absolute atomic E-state index is 0.462. The van der Waals surface area contributed by atoms with Crippen molar-refractivity contribution in [1.82, 2.24) is 24.6 Å². The molecular weight excluding hydrogens is 330 g/mol. The molecule has 0 saturated carbocycles. The van der Waals surface area contributed by atoms with Crippen molar-refractivity contribution in [3.05, 3.63) is 33.6 Å². The molecule has 2 aromatic heterocycles. The molecule has 5 nitrogen and oxygen atoms in total. The van der Waals surface area contributed by atoms with Crippen molar-refractivity contribution < 1.29 is 0 Å². The highest BCUT2D eigenvalue weighted by molar-refractivity contribution is 9.10. The van der Waals surface area contributed by atoms with Gasteiger partial charge < -0.3 is 9.88 Å². The number of halogens is 1. The summed E-state index contributed by atoms with van der Waals surface area (Å²) in [5.41, 5.74) is 3.43. The van der Waals surface area contributed by atoms with E-state index in [0.717, 1.165) is 35.6 Å². The second-order valence-electron chi connectivity index (χ2n) is 5.58. The molecule has 0 fully saturated rings. The van der Waals surface area contributed by atoms with Gasteiger partial charge in [-0.3, -0.25) is 4.68 Å². The van der Waals surface area contributed by atoms with E-state index >= 15 is 0 Å². The summed E-state index contributed by atoms with van der Waals surface area (Å²) < 4.78 is 5.40. The third-order valence-electron chi connectivity index (χ3n) is 3.59. The number of nitrogens with one attached hydrogen (secondary N) is 1. The number of hydrogen-bond donors (Lipinski definition) is 1. The van der Waals surface area contributed by atoms with Crippen LogP contribution in [0.5, 0.6) is 0 Å². The minimum atomic E-state index is 0.462. The van der Waals surface area contributed by atoms with Gasteiger partial charge in [0.1, 0.15) is 5.82 Å². The molecule has 0 saturated heterocycles. The van der Waals surface area contributed by atoms with Crippen LogP contribution in [0.15, 0.2) is 10.7 Å². The van der Waals surface area contributed by atoms with E-state index in [-0.39, 0.29) is 0 Å². The Bertz CT molecular complexity index is 612. The predicted molar refractivity (Wildman–Crippen MR) is 88.4 cm³/mol. The lowest BCUT2D eigenvalue weighted by atomic mass is 10.3. The number of aryl methyl sites for hydroxylation is 3. The lowest BCUT2D eigenvalue weighted by Crippen LogP contribution is -2.24. The van der Waals surface area contributed by atoms with Crippen molar-refractivity contribution in [2.45, 2.75) is 60.3 Å². The van der Waals surface area contributed by atoms with Crippen LogP contribution in [0.4, 0.5) is 0 Å². The normalized spacial score (nSPS) is 11.6. The minimum Gasteiger partial charge on any atom is -0.325 e. The van der Waals surface area contributed by atoms with Gasteiger partial charge in [-0.2, -0.15) is 5.10 Å². The van der Waals surface area contributed by atoms with E-state index in [1.807, 2.05) is 20.0 Å². The zero-order chi connectivity index (χ0) is 15.6. The van der Waals surface area contributed by atoms with Crippen LogP contribution < -0.4 is 5.32 Å². The molecule has 0 aliphatic rings. The maximum absolute atomic E-state index is 4.56. The second kappa shape index (κ2) is 6.75. The molecule has 0 aliphatic carbocycles. The van der Waals surface area contributed by atoms with Crippen molar-refractivity contribution in [3.63, 3.8) is 0 Å². The Morgan fingerprint density at radius 3 is 2.67 bits per heavy atom. The molecule has 0 aliphatic heterocycles. The van der Waals surface area contributed by atoms with Gasteiger partial charge in [-0.05, 0) is 36.7 Å². The zero-order valence-corrected chi connectivity index (χ0v) is 15.0. The topological polar surface area (TPSA) is 47.7 Å². The summed E-state index contributed by atoms with van der Waals surface area (Å²) in [4.78, 5) is 4.46. The van der Waals surface area contributed by atoms with Gasteiger partial charge in [-0.1, -0.05) is 13.8 Å². The van der Waals surface area contributed by atoms with Gasteiger partial charge in [0, 0.05) is 25.3 Å². The van der Waals surface area contributed by atoms with Crippen molar-refractivity contribution >= 4 is 15.9 Å². The fourth-order valence-corrected chi connectivity index (χ4v) is 2.76. The molecule has 2 heterocycles. The van der Waals surface area contributed by atoms with Crippen LogP contribution >= 0.6 is 15.9 Å². The van der Waals surface area contributed by atoms with Gasteiger partial charge in [0.2, 0.25) is 0 Å². The second-order valence-corrected chi connectivity index (χ2v) is 6.37. The summed E-state index contributed by atoms with van der Waals surface area (Å²) in [7, 11) is 0. The Kier molecular flexibility index (Phi) is 5.22. The smallest absolute Gasteiger partial charge is 0.106 e. The van der Waals surface area contributed by atoms with Crippen molar-refractivity contribution in [2.24, 2.45) is 0 Å². The first-order chi connectivity index (χ1) is 9.93. The lowest BCUT2D eigenvalue weighted by molar-refractivity contribution is 0.546. The van der Waals surface area contributed by atoms with Crippen molar-refractivity contribution in [1.29, 1.82) is 0 Å². The van der Waals surface area contributed by atoms with Crippen molar-refractivity contribution in [3.8, 4) is 0 Å². The predicted octanol–water partition coefficient (Wildman–Crippen LogP) is 3.03. The number of rotatable bonds is 6. The molecule has 0 radical (unpaired) electrons. The van der Waals surface area contributed by atoms with E-state index in [4.69, 9.17) is 0 Å². The molecular formula is C15H24BrN5. The van der Waals surface area contributed by atoms with Crippen LogP contribution in [0.25, 0.3) is 0 Å². The van der Waals surface area contributed by atoms with Crippen LogP contribution in [0.2, 0.25) is 0 Å². The highest BCUT2D eigenvalue weighted by Gasteiger charge is 2.15. The van der Waals surface area contributed by atoms with Crippen LogP contribution in [0, 0.1) is 13.8 Å². The maximum Gasteiger partial charge on any atom is 0.106 e. The van der Waals surface area contributed by atoms with E-state index in [0.29, 0.717) is 6.04 Å². The first-order valence-electron chi connectivity index (χ1n) is 7.40. The van der Waals surface area contributed by atoms with Gasteiger partial charge in [-0.15, -0.1) is 0 Å². The van der Waals surface area contributed by atoms with Crippen LogP contribution in [-0.2, 0) is 19.6 Å². The fourth-order valence-electron chi connectivity index (χ4n) is 2.35. The number of aromatic nitrogens is 4. The highest BCUT2D eigenvalue weighted by atomic mass is 79.9. The summed E-state index contributed by atoms with van der Waals surface area (Å²) >= 11 is 3.67. The molecule has 0 unspecified atom stereocenters. The first-order valence-corrected chi connectivity index (χ1v) is 8.19. The van der Waals surface area contributed by atoms with Crippen LogP contribution in [0.3, 0.4) is 0 Å². The summed E-state index contributed by atoms with van der Waals surface area (Å²) in [6, 6.07) is 0.462. The van der Waals surface area contributed by atoms with Gasteiger partial charge in [0.15, 0.2) is 0 Å². The zero-order valence-electron chi connectivity index (χ0n) is 13.4. The van der Waals surface area contributed by atoms with E-state index in [1.165, 1.54) is 11.4 Å². The van der Waals surface area contributed by atoms with Crippen molar-refractivity contribution in [2.75, 3.05) is 0 Å². The lowest BCUT2D eigenvalue weighted by Gasteiger charge is -2.14. The molecule has 0 atom stereocenters. The van der Waals surface area contributed by atoms with E-state index in [2.05, 4.69) is 61.3 Å². The molecule has 116 valence electrons. The molecule has 21 heavy (non-hydrogen) atoms. The highest BCUT2D eigenvalue weighted by Crippen LogP contribution is 2.23. The monoisotopic (exact) mass is 353 g/mol. The number of hydrogen-bond acceptors (Lipinski definition) is 3. The standard InChI is InChI=1S/C15H24BrN5/c1-6-21-14(15(16)11(4)19-21)9-20-12(5)18-8-13(20)7-17-10(2)3/h8,10,17H,6-7,9H2,1-5H3. The molecule has 2 rings (SSSR count). The fraction of sp³-hybridized carbons (Fsp3) is 0.600. The molecule has 0 bridgehead atoms. The summed E-state index contributed by atoms with van der Waals surface area (Å²) in [5, 5.41) is 8.02. The Hall–Kier alpha value is -1.14. The molecule has 0 amide bonds. The van der Waals surface area contributed by atoms with E-state index in [9.17, 15) is 0 Å². The Balaban J connectivity index is 2.29. The summed E-state index contributed by atoms with van der Waals surface area (Å²) in [6.07, 6.45) is 1.96. The SMILES string of the molecule is CCn1nc(C)c(Br)c1Cn1c(CNC(C)C)cnc1C. The van der Waals surface area contributed by atoms with E-state index < -0.39 is 0 Å². The first kappa shape index (κ1) is 16.2. The Labute approximate surface area is 134 Å². The third kappa shape index (κ3) is 3.55. The summed E-state index contributed by atoms with van der Waals surface area (Å²) in [6.45, 7) is 13.0. The van der Waals surface area contributed by atoms with Crippen LogP contribution in [0.1, 0.15) is 43.7 Å². The van der Waals surface area contributed by atoms with E-state index in [1.54, 1.807) is 0 Å². The average Bonchev–Trinajstić information content (AvgIpc) is 2.92. The van der Waals surface area contributed by atoms with Gasteiger partial charge in [-0.25, -0.2) is 4.98 Å². The quantitative estimate of drug-likeness (QED) is 0.868. The van der Waals surface area contributed by atoms with Crippen LogP contribution in [-0.4, -0.2) is 25.4 Å². The Morgan fingerprint density at radius 1 is 1.33 bits per heavy atom. The van der Waals surface area contributed by atoms with Gasteiger partial charge in [0.05, 0.1) is 28.1 Å². The number of imidazole rings is 1. The summed E-state index contributed by atoms with van der Waals surface area (Å²) in [5.74, 6) is 1.03. The molecule has 6 heteroatoms. The number of nitrogens with zero attached hydrogens (tertiary/aromatic N) is 4.